The summed E-state index contributed by atoms with van der Waals surface area (Å²) in [4.78, 5) is 27.3. The average molecular weight is 292 g/mol. The number of carbonyl (C=O) groups is 2. The van der Waals surface area contributed by atoms with E-state index >= 15 is 0 Å². The van der Waals surface area contributed by atoms with Crippen LogP contribution in [0.4, 0.5) is 5.69 Å². The van der Waals surface area contributed by atoms with E-state index in [1.165, 1.54) is 0 Å². The third-order valence-electron chi connectivity index (χ3n) is 2.93. The number of benzene rings is 1. The number of esters is 1. The van der Waals surface area contributed by atoms with Crippen molar-refractivity contribution in [2.24, 2.45) is 0 Å². The molecular formula is C16H24N2O3. The zero-order valence-electron chi connectivity index (χ0n) is 13.2. The quantitative estimate of drug-likeness (QED) is 0.721. The summed E-state index contributed by atoms with van der Waals surface area (Å²) in [5, 5.41) is 0. The van der Waals surface area contributed by atoms with Crippen LogP contribution in [0.5, 0.6) is 0 Å². The van der Waals surface area contributed by atoms with E-state index < -0.39 is 0 Å². The van der Waals surface area contributed by atoms with E-state index in [4.69, 9.17) is 4.74 Å². The highest BCUT2D eigenvalue weighted by atomic mass is 16.5. The summed E-state index contributed by atoms with van der Waals surface area (Å²) >= 11 is 0. The summed E-state index contributed by atoms with van der Waals surface area (Å²) in [7, 11) is 1.73. The molecule has 1 rings (SSSR count). The van der Waals surface area contributed by atoms with Gasteiger partial charge in [-0.15, -0.1) is 0 Å². The van der Waals surface area contributed by atoms with Crippen LogP contribution in [-0.4, -0.2) is 49.6 Å². The van der Waals surface area contributed by atoms with Crippen molar-refractivity contribution in [2.45, 2.75) is 26.8 Å². The highest BCUT2D eigenvalue weighted by Crippen LogP contribution is 2.16. The molecule has 0 bridgehead atoms. The highest BCUT2D eigenvalue weighted by molar-refractivity contribution is 5.95. The number of ether oxygens (including phenoxy) is 1. The van der Waals surface area contributed by atoms with Crippen LogP contribution in [0.3, 0.4) is 0 Å². The molecule has 0 saturated heterocycles. The Bertz CT molecular complexity index is 460. The maximum absolute atomic E-state index is 12.5. The van der Waals surface area contributed by atoms with Crippen LogP contribution in [0.2, 0.25) is 0 Å². The molecule has 5 heteroatoms. The summed E-state index contributed by atoms with van der Waals surface area (Å²) in [5.74, 6) is -0.355. The number of amides is 1. The molecule has 0 heterocycles. The molecule has 1 aromatic rings. The van der Waals surface area contributed by atoms with Gasteiger partial charge in [-0.3, -0.25) is 14.5 Å². The molecule has 0 unspecified atom stereocenters. The molecule has 0 spiro atoms. The van der Waals surface area contributed by atoms with E-state index in [1.54, 1.807) is 23.8 Å². The fraction of sp³-hybridized carbons (Fsp3) is 0.500. The van der Waals surface area contributed by atoms with Crippen LogP contribution in [0.25, 0.3) is 0 Å². The molecule has 0 saturated carbocycles. The Morgan fingerprint density at radius 2 is 1.76 bits per heavy atom. The number of para-hydroxylation sites is 1. The fourth-order valence-electron chi connectivity index (χ4n) is 2.11. The van der Waals surface area contributed by atoms with Crippen LogP contribution < -0.4 is 4.90 Å². The van der Waals surface area contributed by atoms with Gasteiger partial charge >= 0.3 is 5.97 Å². The van der Waals surface area contributed by atoms with Gasteiger partial charge < -0.3 is 9.64 Å². The molecule has 116 valence electrons. The Hall–Kier alpha value is -1.88. The maximum Gasteiger partial charge on any atom is 0.320 e. The fourth-order valence-corrected chi connectivity index (χ4v) is 2.11. The number of carbonyl (C=O) groups excluding carboxylic acids is 2. The largest absolute Gasteiger partial charge is 0.465 e. The summed E-state index contributed by atoms with van der Waals surface area (Å²) in [5.41, 5.74) is 0.863. The number of rotatable bonds is 7. The number of anilines is 1. The van der Waals surface area contributed by atoms with Crippen molar-refractivity contribution in [2.75, 3.05) is 31.6 Å². The average Bonchev–Trinajstić information content (AvgIpc) is 2.39. The molecule has 0 aromatic heterocycles. The van der Waals surface area contributed by atoms with Gasteiger partial charge in [0.1, 0.15) is 0 Å². The van der Waals surface area contributed by atoms with Crippen molar-refractivity contribution in [1.29, 1.82) is 0 Å². The zero-order valence-corrected chi connectivity index (χ0v) is 13.2. The number of hydrogen-bond acceptors (Lipinski definition) is 4. The first-order valence-electron chi connectivity index (χ1n) is 7.17. The topological polar surface area (TPSA) is 49.9 Å². The summed E-state index contributed by atoms with van der Waals surface area (Å²) in [6.45, 7) is 6.33. The monoisotopic (exact) mass is 292 g/mol. The van der Waals surface area contributed by atoms with Gasteiger partial charge in [-0.25, -0.2) is 0 Å². The van der Waals surface area contributed by atoms with E-state index in [1.807, 2.05) is 44.2 Å². The summed E-state index contributed by atoms with van der Waals surface area (Å²) in [6, 6.07) is 9.59. The molecule has 1 amide bonds. The Kier molecular flexibility index (Phi) is 6.88. The first kappa shape index (κ1) is 17.2. The minimum absolute atomic E-state index is 0.0389. The van der Waals surface area contributed by atoms with Gasteiger partial charge in [0.15, 0.2) is 0 Å². The van der Waals surface area contributed by atoms with Crippen LogP contribution in [-0.2, 0) is 14.3 Å². The lowest BCUT2D eigenvalue weighted by molar-refractivity contribution is -0.144. The van der Waals surface area contributed by atoms with Crippen molar-refractivity contribution in [3.63, 3.8) is 0 Å². The van der Waals surface area contributed by atoms with Crippen LogP contribution in [0.15, 0.2) is 30.3 Å². The number of nitrogens with zero attached hydrogens (tertiary/aromatic N) is 2. The van der Waals surface area contributed by atoms with Crippen LogP contribution in [0, 0.1) is 0 Å². The maximum atomic E-state index is 12.5. The molecule has 0 radical (unpaired) electrons. The normalized spacial score (nSPS) is 10.8. The standard InChI is InChI=1S/C16H24N2O3/c1-5-21-16(20)12-17(4)11-15(19)18(13(2)3)14-9-7-6-8-10-14/h6-10,13H,5,11-12H2,1-4H3. The first-order chi connectivity index (χ1) is 9.95. The second kappa shape index (κ2) is 8.42. The predicted octanol–water partition coefficient (Wildman–Crippen LogP) is 1.92. The molecule has 21 heavy (non-hydrogen) atoms. The van der Waals surface area contributed by atoms with E-state index in [2.05, 4.69) is 0 Å². The Labute approximate surface area is 126 Å². The van der Waals surface area contributed by atoms with Gasteiger partial charge in [0.2, 0.25) is 5.91 Å². The molecular weight excluding hydrogens is 268 g/mol. The third-order valence-corrected chi connectivity index (χ3v) is 2.93. The Morgan fingerprint density at radius 1 is 1.14 bits per heavy atom. The minimum Gasteiger partial charge on any atom is -0.465 e. The molecule has 1 aromatic carbocycles. The van der Waals surface area contributed by atoms with Gasteiger partial charge in [0.05, 0.1) is 19.7 Å². The van der Waals surface area contributed by atoms with E-state index in [-0.39, 0.29) is 31.0 Å². The van der Waals surface area contributed by atoms with Crippen molar-refractivity contribution in [1.82, 2.24) is 4.90 Å². The van der Waals surface area contributed by atoms with Gasteiger partial charge in [-0.05, 0) is 40.0 Å². The van der Waals surface area contributed by atoms with Crippen molar-refractivity contribution < 1.29 is 14.3 Å². The second-order valence-corrected chi connectivity index (χ2v) is 5.17. The van der Waals surface area contributed by atoms with E-state index in [0.29, 0.717) is 6.61 Å². The summed E-state index contributed by atoms with van der Waals surface area (Å²) in [6.07, 6.45) is 0. The minimum atomic E-state index is -0.316. The van der Waals surface area contributed by atoms with Gasteiger partial charge in [-0.2, -0.15) is 0 Å². The Balaban J connectivity index is 2.68. The number of hydrogen-bond donors (Lipinski definition) is 0. The van der Waals surface area contributed by atoms with Crippen molar-refractivity contribution >= 4 is 17.6 Å². The molecule has 0 fully saturated rings. The lowest BCUT2D eigenvalue weighted by atomic mass is 10.2. The first-order valence-corrected chi connectivity index (χ1v) is 7.17. The zero-order chi connectivity index (χ0) is 15.8. The molecule has 0 aliphatic rings. The third kappa shape index (κ3) is 5.55. The second-order valence-electron chi connectivity index (χ2n) is 5.17. The highest BCUT2D eigenvalue weighted by Gasteiger charge is 2.21. The number of likely N-dealkylation sites (N-methyl/N-ethyl adjacent to an activating group) is 1. The van der Waals surface area contributed by atoms with Crippen LogP contribution >= 0.6 is 0 Å². The molecule has 0 aliphatic carbocycles. The smallest absolute Gasteiger partial charge is 0.320 e. The van der Waals surface area contributed by atoms with E-state index in [0.717, 1.165) is 5.69 Å². The van der Waals surface area contributed by atoms with Gasteiger partial charge in [0.25, 0.3) is 0 Å². The molecule has 0 atom stereocenters. The molecule has 5 nitrogen and oxygen atoms in total. The van der Waals surface area contributed by atoms with Crippen molar-refractivity contribution in [3.05, 3.63) is 30.3 Å². The van der Waals surface area contributed by atoms with Gasteiger partial charge in [0, 0.05) is 11.7 Å². The summed E-state index contributed by atoms with van der Waals surface area (Å²) < 4.78 is 4.88. The predicted molar refractivity (Wildman–Crippen MR) is 83.2 cm³/mol. The van der Waals surface area contributed by atoms with Crippen molar-refractivity contribution in [3.8, 4) is 0 Å². The SMILES string of the molecule is CCOC(=O)CN(C)CC(=O)N(c1ccccc1)C(C)C. The van der Waals surface area contributed by atoms with Crippen LogP contribution in [0.1, 0.15) is 20.8 Å². The van der Waals surface area contributed by atoms with E-state index in [9.17, 15) is 9.59 Å². The van der Waals surface area contributed by atoms with Gasteiger partial charge in [-0.1, -0.05) is 18.2 Å². The molecule has 0 N–H and O–H groups in total. The Morgan fingerprint density at radius 3 is 2.29 bits per heavy atom. The molecule has 0 aliphatic heterocycles. The lowest BCUT2D eigenvalue weighted by Gasteiger charge is -2.28. The lowest BCUT2D eigenvalue weighted by Crippen LogP contribution is -2.44.